The predicted molar refractivity (Wildman–Crippen MR) is 81.2 cm³/mol. The van der Waals surface area contributed by atoms with Crippen LogP contribution in [0.1, 0.15) is 12.5 Å². The highest BCUT2D eigenvalue weighted by Crippen LogP contribution is 2.27. The number of hydrogen-bond donors (Lipinski definition) is 1. The van der Waals surface area contributed by atoms with Crippen LogP contribution in [0.25, 0.3) is 22.5 Å². The minimum Gasteiger partial charge on any atom is -0.424 e. The summed E-state index contributed by atoms with van der Waals surface area (Å²) in [7, 11) is 0. The molecule has 0 radical (unpaired) electrons. The van der Waals surface area contributed by atoms with Crippen LogP contribution in [0.15, 0.2) is 59.1 Å². The first-order chi connectivity index (χ1) is 9.76. The number of nitrogens with two attached hydrogens (primary N) is 1. The van der Waals surface area contributed by atoms with Crippen molar-refractivity contribution in [2.24, 2.45) is 0 Å². The maximum atomic E-state index is 5.52. The molecule has 0 saturated carbocycles. The molecule has 0 aliphatic rings. The molecule has 3 aromatic rings. The van der Waals surface area contributed by atoms with E-state index in [1.54, 1.807) is 6.20 Å². The Kier molecular flexibility index (Phi) is 3.25. The Labute approximate surface area is 118 Å². The summed E-state index contributed by atoms with van der Waals surface area (Å²) in [6.45, 7) is 2.16. The lowest BCUT2D eigenvalue weighted by atomic mass is 10.0. The summed E-state index contributed by atoms with van der Waals surface area (Å²) in [6, 6.07) is 17.0. The Bertz CT molecular complexity index is 714. The summed E-state index contributed by atoms with van der Waals surface area (Å²) in [5.74, 6) is 0.689. The zero-order chi connectivity index (χ0) is 13.9. The molecule has 3 heteroatoms. The molecule has 1 aromatic heterocycles. The van der Waals surface area contributed by atoms with Gasteiger partial charge < -0.3 is 10.2 Å². The number of aryl methyl sites for hydroxylation is 1. The average Bonchev–Trinajstić information content (AvgIpc) is 2.94. The summed E-state index contributed by atoms with van der Waals surface area (Å²) in [5, 5.41) is 0. The molecule has 0 saturated heterocycles. The van der Waals surface area contributed by atoms with E-state index in [1.807, 2.05) is 12.1 Å². The van der Waals surface area contributed by atoms with Crippen LogP contribution in [0.5, 0.6) is 0 Å². The van der Waals surface area contributed by atoms with Gasteiger partial charge in [-0.05, 0) is 29.2 Å². The first kappa shape index (κ1) is 12.5. The molecular formula is C17H16N2O. The maximum absolute atomic E-state index is 5.52. The summed E-state index contributed by atoms with van der Waals surface area (Å²) in [4.78, 5) is 3.93. The van der Waals surface area contributed by atoms with Crippen molar-refractivity contribution in [3.63, 3.8) is 0 Å². The third kappa shape index (κ3) is 2.43. The van der Waals surface area contributed by atoms with Crippen LogP contribution in [0.4, 0.5) is 6.01 Å². The van der Waals surface area contributed by atoms with Crippen molar-refractivity contribution in [3.05, 3.63) is 60.3 Å². The molecule has 0 bridgehead atoms. The predicted octanol–water partition coefficient (Wildman–Crippen LogP) is 4.15. The zero-order valence-electron chi connectivity index (χ0n) is 11.3. The van der Waals surface area contributed by atoms with E-state index in [2.05, 4.69) is 48.3 Å². The Morgan fingerprint density at radius 1 is 1.00 bits per heavy atom. The molecule has 0 fully saturated rings. The highest BCUT2D eigenvalue weighted by Gasteiger charge is 2.06. The van der Waals surface area contributed by atoms with Crippen molar-refractivity contribution in [3.8, 4) is 22.5 Å². The average molecular weight is 264 g/mol. The number of benzene rings is 2. The summed E-state index contributed by atoms with van der Waals surface area (Å²) in [5.41, 5.74) is 10.2. The summed E-state index contributed by atoms with van der Waals surface area (Å²) < 4.78 is 5.36. The van der Waals surface area contributed by atoms with Gasteiger partial charge in [-0.2, -0.15) is 0 Å². The van der Waals surface area contributed by atoms with Gasteiger partial charge in [-0.3, -0.25) is 0 Å². The third-order valence-electron chi connectivity index (χ3n) is 3.37. The number of nitrogens with zero attached hydrogens (tertiary/aromatic N) is 1. The second-order valence-corrected chi connectivity index (χ2v) is 4.69. The molecule has 0 atom stereocenters. The zero-order valence-corrected chi connectivity index (χ0v) is 11.3. The second kappa shape index (κ2) is 5.21. The van der Waals surface area contributed by atoms with Crippen molar-refractivity contribution in [2.45, 2.75) is 13.3 Å². The van der Waals surface area contributed by atoms with Gasteiger partial charge in [0.1, 0.15) is 0 Å². The van der Waals surface area contributed by atoms with E-state index in [1.165, 1.54) is 11.1 Å². The van der Waals surface area contributed by atoms with Crippen molar-refractivity contribution in [1.82, 2.24) is 4.98 Å². The topological polar surface area (TPSA) is 52.0 Å². The molecule has 3 rings (SSSR count). The van der Waals surface area contributed by atoms with Crippen LogP contribution in [0.2, 0.25) is 0 Å². The molecule has 20 heavy (non-hydrogen) atoms. The van der Waals surface area contributed by atoms with E-state index in [-0.39, 0.29) is 6.01 Å². The first-order valence-corrected chi connectivity index (χ1v) is 6.67. The van der Waals surface area contributed by atoms with E-state index in [4.69, 9.17) is 10.2 Å². The molecule has 0 aliphatic carbocycles. The highest BCUT2D eigenvalue weighted by atomic mass is 16.4. The number of anilines is 1. The van der Waals surface area contributed by atoms with Gasteiger partial charge in [0, 0.05) is 5.56 Å². The molecular weight excluding hydrogens is 248 g/mol. The highest BCUT2D eigenvalue weighted by molar-refractivity contribution is 5.70. The lowest BCUT2D eigenvalue weighted by Crippen LogP contribution is -1.83. The molecule has 100 valence electrons. The molecule has 0 unspecified atom stereocenters. The van der Waals surface area contributed by atoms with Gasteiger partial charge in [-0.1, -0.05) is 49.4 Å². The van der Waals surface area contributed by atoms with E-state index < -0.39 is 0 Å². The number of nitrogen functional groups attached to an aromatic ring is 1. The standard InChI is InChI=1S/C17H16N2O/c1-2-12-6-8-13(9-7-12)14-4-3-5-15(10-14)16-11-19-17(18)20-16/h3-11H,2H2,1H3,(H2,18,19). The van der Waals surface area contributed by atoms with Crippen LogP contribution in [-0.2, 0) is 6.42 Å². The number of rotatable bonds is 3. The second-order valence-electron chi connectivity index (χ2n) is 4.69. The quantitative estimate of drug-likeness (QED) is 0.773. The van der Waals surface area contributed by atoms with Crippen LogP contribution in [0, 0.1) is 0 Å². The Morgan fingerprint density at radius 3 is 2.40 bits per heavy atom. The fourth-order valence-electron chi connectivity index (χ4n) is 2.21. The Morgan fingerprint density at radius 2 is 1.75 bits per heavy atom. The van der Waals surface area contributed by atoms with Gasteiger partial charge in [0.2, 0.25) is 0 Å². The number of aromatic nitrogens is 1. The van der Waals surface area contributed by atoms with Crippen molar-refractivity contribution < 1.29 is 4.42 Å². The van der Waals surface area contributed by atoms with Gasteiger partial charge in [-0.25, -0.2) is 4.98 Å². The van der Waals surface area contributed by atoms with Gasteiger partial charge in [0.05, 0.1) is 6.20 Å². The Hall–Kier alpha value is -2.55. The minimum atomic E-state index is 0.192. The third-order valence-corrected chi connectivity index (χ3v) is 3.37. The van der Waals surface area contributed by atoms with Crippen LogP contribution >= 0.6 is 0 Å². The molecule has 0 aliphatic heterocycles. The largest absolute Gasteiger partial charge is 0.424 e. The van der Waals surface area contributed by atoms with Crippen molar-refractivity contribution in [1.29, 1.82) is 0 Å². The van der Waals surface area contributed by atoms with E-state index in [9.17, 15) is 0 Å². The van der Waals surface area contributed by atoms with Gasteiger partial charge >= 0.3 is 0 Å². The van der Waals surface area contributed by atoms with Crippen LogP contribution in [0.3, 0.4) is 0 Å². The fraction of sp³-hybridized carbons (Fsp3) is 0.118. The summed E-state index contributed by atoms with van der Waals surface area (Å²) >= 11 is 0. The van der Waals surface area contributed by atoms with E-state index in [0.717, 1.165) is 17.5 Å². The molecule has 0 amide bonds. The molecule has 3 nitrogen and oxygen atoms in total. The van der Waals surface area contributed by atoms with Crippen LogP contribution in [-0.4, -0.2) is 4.98 Å². The van der Waals surface area contributed by atoms with E-state index in [0.29, 0.717) is 5.76 Å². The van der Waals surface area contributed by atoms with Crippen LogP contribution < -0.4 is 5.73 Å². The lowest BCUT2D eigenvalue weighted by molar-refractivity contribution is 0.595. The number of hydrogen-bond acceptors (Lipinski definition) is 3. The van der Waals surface area contributed by atoms with Gasteiger partial charge in [0.25, 0.3) is 6.01 Å². The molecule has 2 aromatic carbocycles. The smallest absolute Gasteiger partial charge is 0.292 e. The Balaban J connectivity index is 1.98. The maximum Gasteiger partial charge on any atom is 0.292 e. The van der Waals surface area contributed by atoms with E-state index >= 15 is 0 Å². The molecule has 0 spiro atoms. The molecule has 2 N–H and O–H groups in total. The SMILES string of the molecule is CCc1ccc(-c2cccc(-c3cnc(N)o3)c2)cc1. The van der Waals surface area contributed by atoms with Gasteiger partial charge in [-0.15, -0.1) is 0 Å². The number of oxazole rings is 1. The van der Waals surface area contributed by atoms with Gasteiger partial charge in [0.15, 0.2) is 5.76 Å². The lowest BCUT2D eigenvalue weighted by Gasteiger charge is -2.05. The van der Waals surface area contributed by atoms with Crippen molar-refractivity contribution in [2.75, 3.05) is 5.73 Å². The molecule has 1 heterocycles. The summed E-state index contributed by atoms with van der Waals surface area (Å²) in [6.07, 6.45) is 2.70. The fourth-order valence-corrected chi connectivity index (χ4v) is 2.21. The first-order valence-electron chi connectivity index (χ1n) is 6.67. The van der Waals surface area contributed by atoms with Crippen molar-refractivity contribution >= 4 is 6.01 Å². The minimum absolute atomic E-state index is 0.192. The normalized spacial score (nSPS) is 10.7. The monoisotopic (exact) mass is 264 g/mol.